The first-order chi connectivity index (χ1) is 12.2. The van der Waals surface area contributed by atoms with Crippen molar-refractivity contribution in [1.82, 2.24) is 0 Å². The minimum Gasteiger partial charge on any atom is -0.611 e. The van der Waals surface area contributed by atoms with Crippen LogP contribution in [0.25, 0.3) is 16.5 Å². The van der Waals surface area contributed by atoms with Crippen LogP contribution in [0, 0.1) is 0 Å². The molecule has 128 valence electrons. The predicted octanol–water partition coefficient (Wildman–Crippen LogP) is 4.62. The fraction of sp³-hybridized carbons (Fsp3) is 0.158. The molecule has 2 aromatic carbocycles. The second-order valence-electron chi connectivity index (χ2n) is 5.54. The standard InChI is InChI=1S/C19H16O4S2/c1-24-19(25(2)20)18(13-7-8-15-16(10-13)22-11-21-15)17-9-12-5-3-4-6-14(12)23-17/h3-10H,11H2,1-2H3. The van der Waals surface area contributed by atoms with E-state index >= 15 is 0 Å². The number of furan rings is 1. The van der Waals surface area contributed by atoms with Gasteiger partial charge in [0.2, 0.25) is 6.79 Å². The van der Waals surface area contributed by atoms with Crippen LogP contribution >= 0.6 is 11.8 Å². The van der Waals surface area contributed by atoms with Gasteiger partial charge in [-0.2, -0.15) is 0 Å². The lowest BCUT2D eigenvalue weighted by molar-refractivity contribution is 0.174. The molecule has 0 saturated heterocycles. The lowest BCUT2D eigenvalue weighted by Gasteiger charge is -2.13. The molecule has 0 bridgehead atoms. The zero-order chi connectivity index (χ0) is 17.4. The van der Waals surface area contributed by atoms with E-state index in [0.29, 0.717) is 11.5 Å². The second-order valence-corrected chi connectivity index (χ2v) is 7.93. The van der Waals surface area contributed by atoms with Gasteiger partial charge in [0.05, 0.1) is 5.57 Å². The van der Waals surface area contributed by atoms with Crippen molar-refractivity contribution >= 4 is 39.5 Å². The quantitative estimate of drug-likeness (QED) is 0.626. The molecule has 0 amide bonds. The Bertz CT molecular complexity index is 926. The Labute approximate surface area is 153 Å². The summed E-state index contributed by atoms with van der Waals surface area (Å²) in [5.74, 6) is 2.10. The van der Waals surface area contributed by atoms with Crippen LogP contribution in [0.3, 0.4) is 0 Å². The molecule has 6 heteroatoms. The third kappa shape index (κ3) is 3.01. The van der Waals surface area contributed by atoms with E-state index in [4.69, 9.17) is 13.9 Å². The van der Waals surface area contributed by atoms with Crippen LogP contribution < -0.4 is 9.47 Å². The van der Waals surface area contributed by atoms with Gasteiger partial charge in [0.1, 0.15) is 17.6 Å². The zero-order valence-electron chi connectivity index (χ0n) is 13.8. The summed E-state index contributed by atoms with van der Waals surface area (Å²) < 4.78 is 30.1. The molecule has 2 heterocycles. The van der Waals surface area contributed by atoms with Crippen molar-refractivity contribution in [2.24, 2.45) is 0 Å². The van der Waals surface area contributed by atoms with Crippen LogP contribution in [-0.4, -0.2) is 23.9 Å². The molecule has 0 aliphatic carbocycles. The average Bonchev–Trinajstić information content (AvgIpc) is 3.24. The summed E-state index contributed by atoms with van der Waals surface area (Å²) in [6, 6.07) is 15.5. The van der Waals surface area contributed by atoms with Crippen molar-refractivity contribution in [3.63, 3.8) is 0 Å². The van der Waals surface area contributed by atoms with Crippen molar-refractivity contribution in [3.8, 4) is 11.5 Å². The summed E-state index contributed by atoms with van der Waals surface area (Å²) in [5.41, 5.74) is 2.52. The number of fused-ring (bicyclic) bond motifs is 2. The zero-order valence-corrected chi connectivity index (χ0v) is 15.4. The Morgan fingerprint density at radius 1 is 1.08 bits per heavy atom. The van der Waals surface area contributed by atoms with Crippen molar-refractivity contribution in [2.75, 3.05) is 19.3 Å². The number of para-hydroxylation sites is 1. The van der Waals surface area contributed by atoms with Gasteiger partial charge in [0.25, 0.3) is 0 Å². The van der Waals surface area contributed by atoms with Crippen LogP contribution in [0.1, 0.15) is 11.3 Å². The molecular formula is C19H16O4S2. The molecule has 0 N–H and O–H groups in total. The summed E-state index contributed by atoms with van der Waals surface area (Å²) in [6.07, 6.45) is 3.60. The van der Waals surface area contributed by atoms with E-state index in [-0.39, 0.29) is 6.79 Å². The van der Waals surface area contributed by atoms with E-state index in [1.54, 1.807) is 6.26 Å². The molecule has 4 rings (SSSR count). The summed E-state index contributed by atoms with van der Waals surface area (Å²) in [7, 11) is 0. The maximum absolute atomic E-state index is 12.3. The van der Waals surface area contributed by atoms with Gasteiger partial charge < -0.3 is 18.4 Å². The minimum absolute atomic E-state index is 0.220. The molecule has 0 spiro atoms. The molecule has 0 fully saturated rings. The van der Waals surface area contributed by atoms with E-state index in [1.807, 2.05) is 54.8 Å². The summed E-state index contributed by atoms with van der Waals surface area (Å²) in [5, 5.41) is 1.01. The number of rotatable bonds is 4. The van der Waals surface area contributed by atoms with E-state index in [2.05, 4.69) is 0 Å². The topological polar surface area (TPSA) is 54.7 Å². The van der Waals surface area contributed by atoms with E-state index in [1.165, 1.54) is 11.8 Å². The highest BCUT2D eigenvalue weighted by Gasteiger charge is 2.24. The maximum atomic E-state index is 12.3. The first-order valence-electron chi connectivity index (χ1n) is 7.68. The van der Waals surface area contributed by atoms with Gasteiger partial charge in [-0.1, -0.05) is 36.0 Å². The van der Waals surface area contributed by atoms with Gasteiger partial charge in [-0.25, -0.2) is 0 Å². The highest BCUT2D eigenvalue weighted by atomic mass is 32.3. The molecule has 25 heavy (non-hydrogen) atoms. The largest absolute Gasteiger partial charge is 0.611 e. The van der Waals surface area contributed by atoms with Crippen molar-refractivity contribution < 1.29 is 18.4 Å². The fourth-order valence-corrected chi connectivity index (χ4v) is 4.75. The molecular weight excluding hydrogens is 356 g/mol. The van der Waals surface area contributed by atoms with Crippen molar-refractivity contribution in [1.29, 1.82) is 0 Å². The maximum Gasteiger partial charge on any atom is 0.231 e. The van der Waals surface area contributed by atoms with Gasteiger partial charge in [-0.15, -0.1) is 0 Å². The monoisotopic (exact) mass is 372 g/mol. The van der Waals surface area contributed by atoms with E-state index < -0.39 is 11.2 Å². The number of benzene rings is 2. The normalized spacial score (nSPS) is 15.3. The number of hydrogen-bond donors (Lipinski definition) is 0. The van der Waals surface area contributed by atoms with Crippen LogP contribution in [0.2, 0.25) is 0 Å². The Morgan fingerprint density at radius 3 is 2.64 bits per heavy atom. The molecule has 3 aromatic rings. The van der Waals surface area contributed by atoms with Gasteiger partial charge in [0, 0.05) is 5.39 Å². The lowest BCUT2D eigenvalue weighted by atomic mass is 10.0. The first-order valence-corrected chi connectivity index (χ1v) is 10.5. The summed E-state index contributed by atoms with van der Waals surface area (Å²) in [6.45, 7) is 0.220. The molecule has 1 aliphatic heterocycles. The van der Waals surface area contributed by atoms with Gasteiger partial charge in [-0.3, -0.25) is 0 Å². The molecule has 1 atom stereocenters. The average molecular weight is 372 g/mol. The van der Waals surface area contributed by atoms with Crippen LogP contribution in [-0.2, 0) is 11.2 Å². The Hall–Kier alpha value is -2.02. The third-order valence-corrected chi connectivity index (χ3v) is 6.49. The minimum atomic E-state index is -1.14. The smallest absolute Gasteiger partial charge is 0.231 e. The summed E-state index contributed by atoms with van der Waals surface area (Å²) in [4.78, 5) is 0. The fourth-order valence-electron chi connectivity index (χ4n) is 2.88. The van der Waals surface area contributed by atoms with E-state index in [9.17, 15) is 4.55 Å². The molecule has 0 saturated carbocycles. The van der Waals surface area contributed by atoms with Crippen LogP contribution in [0.5, 0.6) is 11.5 Å². The highest BCUT2D eigenvalue weighted by molar-refractivity contribution is 8.18. The van der Waals surface area contributed by atoms with Crippen molar-refractivity contribution in [3.05, 3.63) is 64.1 Å². The van der Waals surface area contributed by atoms with Gasteiger partial charge in [-0.05, 0) is 47.3 Å². The molecule has 1 unspecified atom stereocenters. The number of ether oxygens (including phenoxy) is 2. The predicted molar refractivity (Wildman–Crippen MR) is 102 cm³/mol. The Balaban J connectivity index is 1.93. The first kappa shape index (κ1) is 16.4. The SMILES string of the molecule is CSC(=C(c1ccc2c(c1)OCO2)c1cc2ccccc2o1)[S+](C)[O-]. The molecule has 0 radical (unpaired) electrons. The lowest BCUT2D eigenvalue weighted by Crippen LogP contribution is -2.02. The number of hydrogen-bond acceptors (Lipinski definition) is 5. The molecule has 1 aliphatic rings. The Kier molecular flexibility index (Phi) is 4.41. The number of thioether (sulfide) groups is 1. The van der Waals surface area contributed by atoms with Crippen LogP contribution in [0.4, 0.5) is 0 Å². The Morgan fingerprint density at radius 2 is 1.88 bits per heavy atom. The van der Waals surface area contributed by atoms with Crippen LogP contribution in [0.15, 0.2) is 57.2 Å². The molecule has 1 aromatic heterocycles. The highest BCUT2D eigenvalue weighted by Crippen LogP contribution is 2.41. The second kappa shape index (κ2) is 6.71. The molecule has 4 nitrogen and oxygen atoms in total. The van der Waals surface area contributed by atoms with Gasteiger partial charge >= 0.3 is 0 Å². The van der Waals surface area contributed by atoms with Crippen molar-refractivity contribution in [2.45, 2.75) is 0 Å². The van der Waals surface area contributed by atoms with E-state index in [0.717, 1.165) is 32.1 Å². The third-order valence-electron chi connectivity index (χ3n) is 3.98. The van der Waals surface area contributed by atoms with Gasteiger partial charge in [0.15, 0.2) is 15.7 Å². The summed E-state index contributed by atoms with van der Waals surface area (Å²) >= 11 is 0.323.